The number of hydrogen-bond donors (Lipinski definition) is 1. The number of rotatable bonds is 3. The Hall–Kier alpha value is -1.86. The van der Waals surface area contributed by atoms with Gasteiger partial charge in [0.1, 0.15) is 0 Å². The van der Waals surface area contributed by atoms with Crippen LogP contribution in [0.4, 0.5) is 11.6 Å². The Morgan fingerprint density at radius 2 is 2.10 bits per heavy atom. The lowest BCUT2D eigenvalue weighted by molar-refractivity contribution is 0.171. The molecule has 6 nitrogen and oxygen atoms in total. The first-order chi connectivity index (χ1) is 10.1. The predicted octanol–water partition coefficient (Wildman–Crippen LogP) is 1.56. The Morgan fingerprint density at radius 1 is 1.33 bits per heavy atom. The summed E-state index contributed by atoms with van der Waals surface area (Å²) in [6, 6.07) is 8.10. The summed E-state index contributed by atoms with van der Waals surface area (Å²) in [7, 11) is 4.02. The Bertz CT molecular complexity index is 650. The lowest BCUT2D eigenvalue weighted by Crippen LogP contribution is -2.23. The van der Waals surface area contributed by atoms with Gasteiger partial charge in [-0.25, -0.2) is 4.99 Å². The summed E-state index contributed by atoms with van der Waals surface area (Å²) < 4.78 is 1.85. The molecule has 0 spiro atoms. The highest BCUT2D eigenvalue weighted by Gasteiger charge is 2.21. The first-order valence-corrected chi connectivity index (χ1v) is 7.67. The number of aliphatic imine (C=N–C) groups is 1. The highest BCUT2D eigenvalue weighted by molar-refractivity contribution is 7.99. The lowest BCUT2D eigenvalue weighted by atomic mass is 10.2. The number of benzene rings is 1. The van der Waals surface area contributed by atoms with Crippen LogP contribution < -0.4 is 4.90 Å². The van der Waals surface area contributed by atoms with E-state index in [1.807, 2.05) is 42.9 Å². The molecule has 0 saturated carbocycles. The van der Waals surface area contributed by atoms with E-state index in [2.05, 4.69) is 20.1 Å². The minimum atomic E-state index is -0.369. The zero-order valence-electron chi connectivity index (χ0n) is 12.0. The van der Waals surface area contributed by atoms with E-state index < -0.39 is 0 Å². The molecule has 2 aromatic rings. The fourth-order valence-corrected chi connectivity index (χ4v) is 2.93. The molecule has 0 aliphatic carbocycles. The Kier molecular flexibility index (Phi) is 3.94. The molecule has 1 atom stereocenters. The molecule has 0 fully saturated rings. The molecule has 0 unspecified atom stereocenters. The Labute approximate surface area is 127 Å². The van der Waals surface area contributed by atoms with Gasteiger partial charge in [-0.1, -0.05) is 23.9 Å². The highest BCUT2D eigenvalue weighted by Crippen LogP contribution is 2.27. The minimum Gasteiger partial charge on any atom is -0.390 e. The van der Waals surface area contributed by atoms with E-state index >= 15 is 0 Å². The van der Waals surface area contributed by atoms with E-state index in [1.165, 1.54) is 11.8 Å². The Balaban J connectivity index is 1.79. The average Bonchev–Trinajstić information content (AvgIpc) is 2.88. The SMILES string of the molecule is CN(C)c1ccc(C=Nc2nnc3n2C[C@@H](O)CS3)cc1. The molecule has 21 heavy (non-hydrogen) atoms. The van der Waals surface area contributed by atoms with Crippen molar-refractivity contribution in [3.05, 3.63) is 29.8 Å². The van der Waals surface area contributed by atoms with Gasteiger partial charge in [-0.2, -0.15) is 0 Å². The molecule has 1 aromatic carbocycles. The number of aliphatic hydroxyl groups excluding tert-OH is 1. The molecule has 110 valence electrons. The summed E-state index contributed by atoms with van der Waals surface area (Å²) in [4.78, 5) is 6.44. The summed E-state index contributed by atoms with van der Waals surface area (Å²) in [5, 5.41) is 18.7. The quantitative estimate of drug-likeness (QED) is 0.872. The molecule has 1 N–H and O–H groups in total. The van der Waals surface area contributed by atoms with Crippen molar-refractivity contribution in [1.82, 2.24) is 14.8 Å². The van der Waals surface area contributed by atoms with Gasteiger partial charge in [0.2, 0.25) is 0 Å². The van der Waals surface area contributed by atoms with Crippen molar-refractivity contribution < 1.29 is 5.11 Å². The molecule has 0 saturated heterocycles. The van der Waals surface area contributed by atoms with Crippen molar-refractivity contribution in [3.8, 4) is 0 Å². The van der Waals surface area contributed by atoms with E-state index in [0.717, 1.165) is 16.4 Å². The maximum atomic E-state index is 9.71. The fraction of sp³-hybridized carbons (Fsp3) is 0.357. The highest BCUT2D eigenvalue weighted by atomic mass is 32.2. The molecule has 1 aromatic heterocycles. The van der Waals surface area contributed by atoms with Gasteiger partial charge in [-0.05, 0) is 17.7 Å². The maximum absolute atomic E-state index is 9.71. The van der Waals surface area contributed by atoms with E-state index in [1.54, 1.807) is 6.21 Å². The van der Waals surface area contributed by atoms with Crippen LogP contribution in [0.5, 0.6) is 0 Å². The third-order valence-electron chi connectivity index (χ3n) is 3.23. The van der Waals surface area contributed by atoms with Crippen molar-refractivity contribution in [1.29, 1.82) is 0 Å². The molecule has 1 aliphatic rings. The molecule has 0 amide bonds. The number of hydrogen-bond acceptors (Lipinski definition) is 6. The molecule has 0 bridgehead atoms. The molecule has 3 rings (SSSR count). The largest absolute Gasteiger partial charge is 0.390 e. The maximum Gasteiger partial charge on any atom is 0.251 e. The van der Waals surface area contributed by atoms with Crippen LogP contribution in [0.15, 0.2) is 34.4 Å². The van der Waals surface area contributed by atoms with Crippen LogP contribution >= 0.6 is 11.8 Å². The number of nitrogens with zero attached hydrogens (tertiary/aromatic N) is 5. The van der Waals surface area contributed by atoms with Crippen molar-refractivity contribution in [3.63, 3.8) is 0 Å². The average molecular weight is 303 g/mol. The van der Waals surface area contributed by atoms with Crippen LogP contribution in [0.3, 0.4) is 0 Å². The standard InChI is InChI=1S/C14H17N5OS/c1-18(2)11-5-3-10(4-6-11)7-15-13-16-17-14-19(13)8-12(20)9-21-14/h3-7,12,20H,8-9H2,1-2H3/t12-/m1/s1. The lowest BCUT2D eigenvalue weighted by Gasteiger charge is -2.17. The fourth-order valence-electron chi connectivity index (χ4n) is 2.07. The number of anilines is 1. The molecule has 1 aliphatic heterocycles. The van der Waals surface area contributed by atoms with Gasteiger partial charge in [0.05, 0.1) is 12.6 Å². The summed E-state index contributed by atoms with van der Waals surface area (Å²) in [6.45, 7) is 0.502. The van der Waals surface area contributed by atoms with Gasteiger partial charge in [0.25, 0.3) is 5.95 Å². The number of fused-ring (bicyclic) bond motifs is 1. The molecule has 0 radical (unpaired) electrons. The monoisotopic (exact) mass is 303 g/mol. The van der Waals surface area contributed by atoms with E-state index in [0.29, 0.717) is 18.2 Å². The summed E-state index contributed by atoms with van der Waals surface area (Å²) in [5.74, 6) is 1.20. The van der Waals surface area contributed by atoms with Gasteiger partial charge in [-0.3, -0.25) is 4.57 Å². The van der Waals surface area contributed by atoms with Crippen LogP contribution in [-0.4, -0.2) is 52.0 Å². The first-order valence-electron chi connectivity index (χ1n) is 6.69. The van der Waals surface area contributed by atoms with Crippen LogP contribution in [0.1, 0.15) is 5.56 Å². The van der Waals surface area contributed by atoms with Gasteiger partial charge >= 0.3 is 0 Å². The molecule has 7 heteroatoms. The van der Waals surface area contributed by atoms with Crippen molar-refractivity contribution >= 4 is 29.6 Å². The van der Waals surface area contributed by atoms with Gasteiger partial charge < -0.3 is 10.0 Å². The second-order valence-electron chi connectivity index (χ2n) is 5.10. The third kappa shape index (κ3) is 3.08. The van der Waals surface area contributed by atoms with Crippen molar-refractivity contribution in [2.75, 3.05) is 24.7 Å². The van der Waals surface area contributed by atoms with Crippen LogP contribution in [0.25, 0.3) is 0 Å². The van der Waals surface area contributed by atoms with Crippen molar-refractivity contribution in [2.24, 2.45) is 4.99 Å². The third-order valence-corrected chi connectivity index (χ3v) is 4.35. The van der Waals surface area contributed by atoms with Gasteiger partial charge in [0.15, 0.2) is 5.16 Å². The second kappa shape index (κ2) is 5.87. The molecular weight excluding hydrogens is 286 g/mol. The van der Waals surface area contributed by atoms with E-state index in [9.17, 15) is 5.11 Å². The normalized spacial score (nSPS) is 18.0. The minimum absolute atomic E-state index is 0.369. The van der Waals surface area contributed by atoms with Crippen molar-refractivity contribution in [2.45, 2.75) is 17.8 Å². The summed E-state index contributed by atoms with van der Waals surface area (Å²) >= 11 is 1.50. The number of thioether (sulfide) groups is 1. The van der Waals surface area contributed by atoms with E-state index in [4.69, 9.17) is 0 Å². The zero-order valence-corrected chi connectivity index (χ0v) is 12.8. The smallest absolute Gasteiger partial charge is 0.251 e. The van der Waals surface area contributed by atoms with Gasteiger partial charge in [0, 0.05) is 31.8 Å². The van der Waals surface area contributed by atoms with Crippen LogP contribution in [-0.2, 0) is 6.54 Å². The predicted molar refractivity (Wildman–Crippen MR) is 84.8 cm³/mol. The zero-order chi connectivity index (χ0) is 14.8. The summed E-state index contributed by atoms with van der Waals surface area (Å²) in [6.07, 6.45) is 1.40. The number of aliphatic hydroxyl groups is 1. The summed E-state index contributed by atoms with van der Waals surface area (Å²) in [5.41, 5.74) is 2.15. The van der Waals surface area contributed by atoms with Crippen LogP contribution in [0.2, 0.25) is 0 Å². The Morgan fingerprint density at radius 3 is 2.81 bits per heavy atom. The van der Waals surface area contributed by atoms with E-state index in [-0.39, 0.29) is 6.10 Å². The number of aromatic nitrogens is 3. The second-order valence-corrected chi connectivity index (χ2v) is 6.09. The first kappa shape index (κ1) is 14.1. The van der Waals surface area contributed by atoms with Gasteiger partial charge in [-0.15, -0.1) is 10.2 Å². The molecule has 2 heterocycles. The topological polar surface area (TPSA) is 66.5 Å². The molecular formula is C14H17N5OS. The van der Waals surface area contributed by atoms with Crippen LogP contribution in [0, 0.1) is 0 Å².